The summed E-state index contributed by atoms with van der Waals surface area (Å²) in [6.07, 6.45) is 0. The Morgan fingerprint density at radius 2 is 1.45 bits per heavy atom. The van der Waals surface area contributed by atoms with Crippen LogP contribution in [0.3, 0.4) is 0 Å². The molecule has 0 aliphatic carbocycles. The molecule has 2 heterocycles. The van der Waals surface area contributed by atoms with Crippen LogP contribution in [0.4, 0.5) is 17.1 Å². The van der Waals surface area contributed by atoms with Gasteiger partial charge < -0.3 is 18.9 Å². The second kappa shape index (κ2) is 7.33. The Morgan fingerprint density at radius 3 is 2.13 bits per heavy atom. The van der Waals surface area contributed by atoms with Crippen LogP contribution in [0, 0.1) is 0 Å². The monoisotopic (exact) mass is 431 g/mol. The van der Waals surface area contributed by atoms with Gasteiger partial charge in [-0.15, -0.1) is 0 Å². The minimum atomic E-state index is -0.373. The molecule has 31 heavy (non-hydrogen) atoms. The van der Waals surface area contributed by atoms with Crippen molar-refractivity contribution in [1.29, 1.82) is 0 Å². The minimum Gasteiger partial charge on any atom is -0.497 e. The lowest BCUT2D eigenvalue weighted by Gasteiger charge is -2.33. The van der Waals surface area contributed by atoms with Crippen molar-refractivity contribution < 1.29 is 14.0 Å². The number of ether oxygens (including phenoxy) is 1. The van der Waals surface area contributed by atoms with Crippen LogP contribution in [0.2, 0.25) is 0 Å². The van der Waals surface area contributed by atoms with Gasteiger partial charge in [0.15, 0.2) is 0 Å². The number of hydrogen-bond donors (Lipinski definition) is 0. The Morgan fingerprint density at radius 1 is 0.806 bits per heavy atom. The Bertz CT molecular complexity index is 1110. The summed E-state index contributed by atoms with van der Waals surface area (Å²) in [4.78, 5) is 4.70. The van der Waals surface area contributed by atoms with Crippen molar-refractivity contribution in [3.05, 3.63) is 66.7 Å². The van der Waals surface area contributed by atoms with Gasteiger partial charge in [-0.2, -0.15) is 0 Å². The smallest absolute Gasteiger partial charge is 0.494 e. The second-order valence-electron chi connectivity index (χ2n) is 8.92. The maximum absolute atomic E-state index is 6.29. The SMILES string of the molecule is COc1ccc(N2c3ccccc3Sc3cc(B4OC(C)(C)C(C)(C)O4)ccc32)cc1. The number of nitrogens with zero attached hydrogens (tertiary/aromatic N) is 1. The molecule has 2 aliphatic heterocycles. The molecule has 0 unspecified atom stereocenters. The Hall–Kier alpha value is -2.41. The molecule has 158 valence electrons. The molecule has 3 aromatic carbocycles. The van der Waals surface area contributed by atoms with Gasteiger partial charge in [0.1, 0.15) is 5.75 Å². The summed E-state index contributed by atoms with van der Waals surface area (Å²) in [5.41, 5.74) is 3.74. The van der Waals surface area contributed by atoms with Crippen molar-refractivity contribution in [2.45, 2.75) is 48.7 Å². The van der Waals surface area contributed by atoms with Crippen LogP contribution in [-0.2, 0) is 9.31 Å². The summed E-state index contributed by atoms with van der Waals surface area (Å²) in [6.45, 7) is 8.34. The zero-order valence-electron chi connectivity index (χ0n) is 18.5. The first kappa shape index (κ1) is 20.5. The third-order valence-electron chi connectivity index (χ3n) is 6.41. The Balaban J connectivity index is 1.57. The van der Waals surface area contributed by atoms with Gasteiger partial charge in [-0.25, -0.2) is 0 Å². The molecular weight excluding hydrogens is 405 g/mol. The van der Waals surface area contributed by atoms with Gasteiger partial charge in [-0.3, -0.25) is 0 Å². The average Bonchev–Trinajstić information content (AvgIpc) is 2.98. The predicted molar refractivity (Wildman–Crippen MR) is 128 cm³/mol. The molecule has 1 saturated heterocycles. The van der Waals surface area contributed by atoms with Gasteiger partial charge in [0.2, 0.25) is 0 Å². The van der Waals surface area contributed by atoms with Crippen molar-refractivity contribution in [3.63, 3.8) is 0 Å². The van der Waals surface area contributed by atoms with E-state index in [-0.39, 0.29) is 18.3 Å². The molecule has 4 nitrogen and oxygen atoms in total. The highest BCUT2D eigenvalue weighted by molar-refractivity contribution is 7.99. The van der Waals surface area contributed by atoms with Gasteiger partial charge in [0, 0.05) is 15.5 Å². The molecule has 0 amide bonds. The summed E-state index contributed by atoms with van der Waals surface area (Å²) in [6, 6.07) is 23.2. The van der Waals surface area contributed by atoms with Crippen LogP contribution in [0.15, 0.2) is 76.5 Å². The number of para-hydroxylation sites is 1. The van der Waals surface area contributed by atoms with Crippen LogP contribution in [-0.4, -0.2) is 25.4 Å². The molecule has 0 radical (unpaired) electrons. The lowest BCUT2D eigenvalue weighted by molar-refractivity contribution is 0.00578. The molecule has 3 aromatic rings. The molecule has 2 aliphatic rings. The van der Waals surface area contributed by atoms with Crippen LogP contribution in [0.1, 0.15) is 27.7 Å². The van der Waals surface area contributed by atoms with E-state index in [2.05, 4.69) is 87.2 Å². The van der Waals surface area contributed by atoms with E-state index in [1.54, 1.807) is 18.9 Å². The predicted octanol–water partition coefficient (Wildman–Crippen LogP) is 5.93. The molecule has 0 saturated carbocycles. The molecule has 5 rings (SSSR count). The van der Waals surface area contributed by atoms with Crippen molar-refractivity contribution in [2.24, 2.45) is 0 Å². The molecule has 0 bridgehead atoms. The van der Waals surface area contributed by atoms with Crippen LogP contribution in [0.25, 0.3) is 0 Å². The van der Waals surface area contributed by atoms with Crippen LogP contribution >= 0.6 is 11.8 Å². The first-order chi connectivity index (χ1) is 14.8. The minimum absolute atomic E-state index is 0.359. The highest BCUT2D eigenvalue weighted by Gasteiger charge is 2.51. The van der Waals surface area contributed by atoms with Crippen molar-refractivity contribution >= 4 is 41.4 Å². The van der Waals surface area contributed by atoms with Gasteiger partial charge in [-0.1, -0.05) is 30.0 Å². The van der Waals surface area contributed by atoms with E-state index in [4.69, 9.17) is 14.0 Å². The number of rotatable bonds is 3. The molecule has 0 aromatic heterocycles. The fourth-order valence-corrected chi connectivity index (χ4v) is 5.02. The fraction of sp³-hybridized carbons (Fsp3) is 0.280. The van der Waals surface area contributed by atoms with E-state index in [0.717, 1.165) is 22.6 Å². The molecule has 1 fully saturated rings. The topological polar surface area (TPSA) is 30.9 Å². The van der Waals surface area contributed by atoms with E-state index >= 15 is 0 Å². The number of hydrogen-bond acceptors (Lipinski definition) is 5. The van der Waals surface area contributed by atoms with Crippen molar-refractivity contribution in [2.75, 3.05) is 12.0 Å². The largest absolute Gasteiger partial charge is 0.497 e. The van der Waals surface area contributed by atoms with Gasteiger partial charge in [0.25, 0.3) is 0 Å². The summed E-state index contributed by atoms with van der Waals surface area (Å²) < 4.78 is 17.9. The van der Waals surface area contributed by atoms with Crippen molar-refractivity contribution in [3.8, 4) is 5.75 Å². The lowest BCUT2D eigenvalue weighted by atomic mass is 9.79. The average molecular weight is 431 g/mol. The maximum atomic E-state index is 6.29. The highest BCUT2D eigenvalue weighted by Crippen LogP contribution is 2.51. The highest BCUT2D eigenvalue weighted by atomic mass is 32.2. The number of methoxy groups -OCH3 is 1. The van der Waals surface area contributed by atoms with Crippen LogP contribution < -0.4 is 15.1 Å². The van der Waals surface area contributed by atoms with E-state index in [1.165, 1.54) is 15.5 Å². The summed E-state index contributed by atoms with van der Waals surface area (Å²) in [5.74, 6) is 0.847. The molecule has 0 N–H and O–H groups in total. The zero-order valence-corrected chi connectivity index (χ0v) is 19.3. The molecule has 6 heteroatoms. The zero-order chi connectivity index (χ0) is 21.8. The van der Waals surface area contributed by atoms with E-state index in [1.807, 2.05) is 12.1 Å². The van der Waals surface area contributed by atoms with E-state index in [0.29, 0.717) is 0 Å². The quantitative estimate of drug-likeness (QED) is 0.376. The molecular formula is C25H26BNO3S. The van der Waals surface area contributed by atoms with Gasteiger partial charge in [0.05, 0.1) is 29.7 Å². The second-order valence-corrected chi connectivity index (χ2v) is 10.0. The van der Waals surface area contributed by atoms with Crippen LogP contribution in [0.5, 0.6) is 5.75 Å². The number of anilines is 3. The lowest BCUT2D eigenvalue weighted by Crippen LogP contribution is -2.41. The Labute approximate surface area is 188 Å². The fourth-order valence-electron chi connectivity index (χ4n) is 3.91. The summed E-state index contributed by atoms with van der Waals surface area (Å²) >= 11 is 1.78. The van der Waals surface area contributed by atoms with Gasteiger partial charge in [-0.05, 0) is 81.7 Å². The van der Waals surface area contributed by atoms with E-state index < -0.39 is 0 Å². The Kier molecular flexibility index (Phi) is 4.85. The number of fused-ring (bicyclic) bond motifs is 2. The third-order valence-corrected chi connectivity index (χ3v) is 7.52. The summed E-state index contributed by atoms with van der Waals surface area (Å²) in [7, 11) is 1.32. The first-order valence-corrected chi connectivity index (χ1v) is 11.3. The van der Waals surface area contributed by atoms with Gasteiger partial charge >= 0.3 is 7.12 Å². The number of benzene rings is 3. The molecule has 0 spiro atoms. The van der Waals surface area contributed by atoms with E-state index in [9.17, 15) is 0 Å². The first-order valence-electron chi connectivity index (χ1n) is 10.5. The van der Waals surface area contributed by atoms with Crippen molar-refractivity contribution in [1.82, 2.24) is 0 Å². The molecule has 0 atom stereocenters. The normalized spacial score (nSPS) is 18.5. The maximum Gasteiger partial charge on any atom is 0.494 e. The summed E-state index contributed by atoms with van der Waals surface area (Å²) in [5, 5.41) is 0. The standard InChI is InChI=1S/C25H26BNO3S/c1-24(2)25(3,4)30-26(29-24)17-10-15-21-23(16-17)31-22-9-7-6-8-20(22)27(21)18-11-13-19(28-5)14-12-18/h6-16H,1-5H3. The third kappa shape index (κ3) is 3.43.